The van der Waals surface area contributed by atoms with Crippen LogP contribution in [-0.2, 0) is 4.79 Å². The number of carbonyl (C=O) groups excluding carboxylic acids is 1. The molecular formula is C26H22Cl2N2O2. The summed E-state index contributed by atoms with van der Waals surface area (Å²) >= 11 is 12.1. The van der Waals surface area contributed by atoms with Gasteiger partial charge in [-0.3, -0.25) is 4.79 Å². The molecule has 1 heterocycles. The number of carbonyl (C=O) groups is 1. The molecule has 0 aliphatic carbocycles. The number of oxazole rings is 1. The Labute approximate surface area is 196 Å². The lowest BCUT2D eigenvalue weighted by atomic mass is 9.98. The first-order chi connectivity index (χ1) is 15.4. The van der Waals surface area contributed by atoms with Gasteiger partial charge in [0.15, 0.2) is 5.58 Å². The van der Waals surface area contributed by atoms with Crippen LogP contribution in [0.4, 0.5) is 5.69 Å². The first kappa shape index (κ1) is 22.1. The first-order valence-corrected chi connectivity index (χ1v) is 11.1. The lowest BCUT2D eigenvalue weighted by molar-refractivity contribution is -0.111. The second-order valence-electron chi connectivity index (χ2n) is 7.62. The van der Waals surface area contributed by atoms with Crippen molar-refractivity contribution in [2.24, 2.45) is 0 Å². The van der Waals surface area contributed by atoms with Crippen LogP contribution in [0.25, 0.3) is 28.6 Å². The zero-order valence-corrected chi connectivity index (χ0v) is 19.2. The third-order valence-corrected chi connectivity index (χ3v) is 5.91. The fourth-order valence-electron chi connectivity index (χ4n) is 3.33. The molecule has 1 amide bonds. The zero-order valence-electron chi connectivity index (χ0n) is 17.7. The number of nitrogens with one attached hydrogen (secondary N) is 1. The highest BCUT2D eigenvalue weighted by Crippen LogP contribution is 2.29. The Morgan fingerprint density at radius 2 is 1.97 bits per heavy atom. The normalized spacial score (nSPS) is 12.4. The highest BCUT2D eigenvalue weighted by atomic mass is 35.5. The van der Waals surface area contributed by atoms with Crippen LogP contribution in [0.3, 0.4) is 0 Å². The SMILES string of the molecule is CC[C@H](C)c1ccc2oc(-c3cccc(NC(=O)/C=C/c4ccc(Cl)cc4Cl)c3)nc2c1. The molecule has 3 aromatic carbocycles. The third-order valence-electron chi connectivity index (χ3n) is 5.35. The monoisotopic (exact) mass is 464 g/mol. The van der Waals surface area contributed by atoms with Crippen LogP contribution in [0.1, 0.15) is 37.3 Å². The number of hydrogen-bond donors (Lipinski definition) is 1. The lowest BCUT2D eigenvalue weighted by Gasteiger charge is -2.07. The molecule has 0 fully saturated rings. The number of benzene rings is 3. The molecule has 1 aromatic heterocycles. The molecule has 0 spiro atoms. The molecule has 0 aliphatic rings. The Bertz CT molecular complexity index is 1310. The first-order valence-electron chi connectivity index (χ1n) is 10.4. The maximum Gasteiger partial charge on any atom is 0.248 e. The standard InChI is InChI=1S/C26H22Cl2N2O2/c1-3-16(2)18-8-11-24-23(14-18)30-26(32-24)19-5-4-6-21(13-19)29-25(31)12-9-17-7-10-20(27)15-22(17)28/h4-16H,3H2,1-2H3,(H,29,31)/b12-9+/t16-/m0/s1. The van der Waals surface area contributed by atoms with Crippen LogP contribution in [0, 0.1) is 0 Å². The molecule has 32 heavy (non-hydrogen) atoms. The van der Waals surface area contributed by atoms with Crippen molar-refractivity contribution in [3.63, 3.8) is 0 Å². The smallest absolute Gasteiger partial charge is 0.248 e. The third kappa shape index (κ3) is 5.04. The van der Waals surface area contributed by atoms with E-state index in [0.717, 1.165) is 23.1 Å². The molecular weight excluding hydrogens is 443 g/mol. The number of rotatable bonds is 6. The summed E-state index contributed by atoms with van der Waals surface area (Å²) in [6.45, 7) is 4.37. The van der Waals surface area contributed by atoms with E-state index in [0.29, 0.717) is 33.1 Å². The van der Waals surface area contributed by atoms with Crippen molar-refractivity contribution < 1.29 is 9.21 Å². The highest BCUT2D eigenvalue weighted by Gasteiger charge is 2.12. The molecule has 0 aliphatic heterocycles. The molecule has 1 atom stereocenters. The summed E-state index contributed by atoms with van der Waals surface area (Å²) in [6, 6.07) is 18.6. The summed E-state index contributed by atoms with van der Waals surface area (Å²) < 4.78 is 5.95. The second-order valence-corrected chi connectivity index (χ2v) is 8.47. The van der Waals surface area contributed by atoms with Crippen molar-refractivity contribution >= 4 is 52.0 Å². The van der Waals surface area contributed by atoms with E-state index in [2.05, 4.69) is 36.3 Å². The minimum atomic E-state index is -0.274. The van der Waals surface area contributed by atoms with Crippen LogP contribution in [0.2, 0.25) is 10.0 Å². The molecule has 4 nitrogen and oxygen atoms in total. The number of nitrogens with zero attached hydrogens (tertiary/aromatic N) is 1. The van der Waals surface area contributed by atoms with Gasteiger partial charge in [0.2, 0.25) is 11.8 Å². The topological polar surface area (TPSA) is 55.1 Å². The molecule has 0 saturated carbocycles. The van der Waals surface area contributed by atoms with Crippen molar-refractivity contribution in [1.82, 2.24) is 4.98 Å². The molecule has 0 bridgehead atoms. The van der Waals surface area contributed by atoms with Crippen molar-refractivity contribution in [2.45, 2.75) is 26.2 Å². The van der Waals surface area contributed by atoms with E-state index < -0.39 is 0 Å². The van der Waals surface area contributed by atoms with Crippen LogP contribution >= 0.6 is 23.2 Å². The molecule has 4 aromatic rings. The van der Waals surface area contributed by atoms with E-state index in [1.54, 1.807) is 24.3 Å². The number of amides is 1. The number of fused-ring (bicyclic) bond motifs is 1. The predicted molar refractivity (Wildman–Crippen MR) is 132 cm³/mol. The summed E-state index contributed by atoms with van der Waals surface area (Å²) in [5, 5.41) is 3.88. The fourth-order valence-corrected chi connectivity index (χ4v) is 3.80. The maximum absolute atomic E-state index is 12.4. The van der Waals surface area contributed by atoms with E-state index in [4.69, 9.17) is 27.6 Å². The van der Waals surface area contributed by atoms with Gasteiger partial charge in [-0.25, -0.2) is 4.98 Å². The Morgan fingerprint density at radius 3 is 2.75 bits per heavy atom. The van der Waals surface area contributed by atoms with Crippen molar-refractivity contribution in [3.8, 4) is 11.5 Å². The number of halogens is 2. The van der Waals surface area contributed by atoms with E-state index in [1.165, 1.54) is 11.6 Å². The molecule has 6 heteroatoms. The fraction of sp³-hybridized carbons (Fsp3) is 0.154. The quantitative estimate of drug-likeness (QED) is 0.294. The van der Waals surface area contributed by atoms with Gasteiger partial charge in [0.05, 0.1) is 0 Å². The van der Waals surface area contributed by atoms with Crippen LogP contribution in [0.15, 0.2) is 71.2 Å². The number of anilines is 1. The largest absolute Gasteiger partial charge is 0.436 e. The average molecular weight is 465 g/mol. The summed E-state index contributed by atoms with van der Waals surface area (Å²) in [7, 11) is 0. The van der Waals surface area contributed by atoms with Gasteiger partial charge in [-0.1, -0.05) is 55.2 Å². The van der Waals surface area contributed by atoms with E-state index in [-0.39, 0.29) is 5.91 Å². The summed E-state index contributed by atoms with van der Waals surface area (Å²) in [6.07, 6.45) is 4.14. The Kier molecular flexibility index (Phi) is 6.63. The van der Waals surface area contributed by atoms with Crippen LogP contribution < -0.4 is 5.32 Å². The molecule has 4 rings (SSSR count). The summed E-state index contributed by atoms with van der Waals surface area (Å²) in [4.78, 5) is 17.0. The maximum atomic E-state index is 12.4. The molecule has 162 valence electrons. The lowest BCUT2D eigenvalue weighted by Crippen LogP contribution is -2.07. The number of aromatic nitrogens is 1. The van der Waals surface area contributed by atoms with Crippen LogP contribution in [-0.4, -0.2) is 10.9 Å². The highest BCUT2D eigenvalue weighted by molar-refractivity contribution is 6.35. The van der Waals surface area contributed by atoms with E-state index in [9.17, 15) is 4.79 Å². The van der Waals surface area contributed by atoms with Crippen molar-refractivity contribution in [3.05, 3.63) is 87.9 Å². The second kappa shape index (κ2) is 9.60. The summed E-state index contributed by atoms with van der Waals surface area (Å²) in [5.41, 5.74) is 4.95. The minimum absolute atomic E-state index is 0.274. The van der Waals surface area contributed by atoms with Crippen LogP contribution in [0.5, 0.6) is 0 Å². The Balaban J connectivity index is 1.52. The molecule has 0 radical (unpaired) electrons. The van der Waals surface area contributed by atoms with Crippen molar-refractivity contribution in [2.75, 3.05) is 5.32 Å². The van der Waals surface area contributed by atoms with Gasteiger partial charge < -0.3 is 9.73 Å². The zero-order chi connectivity index (χ0) is 22.7. The van der Waals surface area contributed by atoms with Gasteiger partial charge >= 0.3 is 0 Å². The van der Waals surface area contributed by atoms with Gasteiger partial charge in [-0.05, 0) is 72.0 Å². The Hall–Kier alpha value is -3.08. The summed E-state index contributed by atoms with van der Waals surface area (Å²) in [5.74, 6) is 0.707. The van der Waals surface area contributed by atoms with Gasteiger partial charge in [0, 0.05) is 27.4 Å². The average Bonchev–Trinajstić information content (AvgIpc) is 3.21. The van der Waals surface area contributed by atoms with Gasteiger partial charge in [-0.15, -0.1) is 0 Å². The Morgan fingerprint density at radius 1 is 1.12 bits per heavy atom. The van der Waals surface area contributed by atoms with E-state index >= 15 is 0 Å². The molecule has 0 unspecified atom stereocenters. The predicted octanol–water partition coefficient (Wildman–Crippen LogP) is 7.97. The van der Waals surface area contributed by atoms with Gasteiger partial charge in [0.25, 0.3) is 0 Å². The number of hydrogen-bond acceptors (Lipinski definition) is 3. The van der Waals surface area contributed by atoms with E-state index in [1.807, 2.05) is 30.3 Å². The van der Waals surface area contributed by atoms with Gasteiger partial charge in [-0.2, -0.15) is 0 Å². The minimum Gasteiger partial charge on any atom is -0.436 e. The molecule has 0 saturated heterocycles. The molecule has 1 N–H and O–H groups in total. The van der Waals surface area contributed by atoms with Gasteiger partial charge in [0.1, 0.15) is 5.52 Å². The van der Waals surface area contributed by atoms with Crippen molar-refractivity contribution in [1.29, 1.82) is 0 Å².